The van der Waals surface area contributed by atoms with Crippen LogP contribution in [0.1, 0.15) is 12.5 Å². The highest BCUT2D eigenvalue weighted by molar-refractivity contribution is 5.89. The van der Waals surface area contributed by atoms with E-state index in [0.717, 1.165) is 30.9 Å². The molecule has 92 valence electrons. The third-order valence-corrected chi connectivity index (χ3v) is 2.93. The van der Waals surface area contributed by atoms with Crippen molar-refractivity contribution >= 4 is 11.7 Å². The number of nitrogens with one attached hydrogen (secondary N) is 2. The Morgan fingerprint density at radius 2 is 2.35 bits per heavy atom. The summed E-state index contributed by atoms with van der Waals surface area (Å²) in [6.07, 6.45) is 0. The Balaban J connectivity index is 1.96. The van der Waals surface area contributed by atoms with E-state index in [-0.39, 0.29) is 6.03 Å². The van der Waals surface area contributed by atoms with E-state index >= 15 is 0 Å². The summed E-state index contributed by atoms with van der Waals surface area (Å²) in [5.41, 5.74) is 2.01. The monoisotopic (exact) mass is 233 g/mol. The molecule has 2 N–H and O–H groups in total. The minimum absolute atomic E-state index is 0.0102. The average Bonchev–Trinajstić information content (AvgIpc) is 2.29. The molecule has 1 atom stereocenters. The molecule has 0 saturated carbocycles. The quantitative estimate of drug-likeness (QED) is 0.777. The third kappa shape index (κ3) is 3.20. The van der Waals surface area contributed by atoms with Crippen LogP contribution in [0.4, 0.5) is 10.5 Å². The molecule has 4 nitrogen and oxygen atoms in total. The number of benzene rings is 1. The normalized spacial score (nSPS) is 20.1. The molecule has 0 bridgehead atoms. The fraction of sp³-hybridized carbons (Fsp3) is 0.462. The summed E-state index contributed by atoms with van der Waals surface area (Å²) in [5.74, 6) is 0. The number of rotatable bonds is 1. The van der Waals surface area contributed by atoms with Gasteiger partial charge in [-0.3, -0.25) is 0 Å². The van der Waals surface area contributed by atoms with Crippen LogP contribution >= 0.6 is 0 Å². The van der Waals surface area contributed by atoms with Crippen molar-refractivity contribution in [1.82, 2.24) is 10.2 Å². The Labute approximate surface area is 102 Å². The lowest BCUT2D eigenvalue weighted by molar-refractivity contribution is 0.192. The minimum Gasteiger partial charge on any atom is -0.322 e. The molecule has 1 fully saturated rings. The molecule has 1 heterocycles. The molecule has 1 saturated heterocycles. The third-order valence-electron chi connectivity index (χ3n) is 2.93. The Bertz CT molecular complexity index is 405. The average molecular weight is 233 g/mol. The second-order valence-corrected chi connectivity index (χ2v) is 4.60. The summed E-state index contributed by atoms with van der Waals surface area (Å²) in [5, 5.41) is 6.25. The number of carbonyl (C=O) groups excluding carboxylic acids is 1. The fourth-order valence-corrected chi connectivity index (χ4v) is 2.04. The lowest BCUT2D eigenvalue weighted by Crippen LogP contribution is -2.52. The van der Waals surface area contributed by atoms with E-state index < -0.39 is 0 Å². The molecule has 0 aromatic heterocycles. The number of piperazine rings is 1. The number of amides is 2. The number of hydrogen-bond acceptors (Lipinski definition) is 2. The van der Waals surface area contributed by atoms with E-state index in [4.69, 9.17) is 0 Å². The van der Waals surface area contributed by atoms with Crippen LogP contribution in [0.5, 0.6) is 0 Å². The predicted molar refractivity (Wildman–Crippen MR) is 69.2 cm³/mol. The Kier molecular flexibility index (Phi) is 3.64. The van der Waals surface area contributed by atoms with Gasteiger partial charge in [-0.25, -0.2) is 4.79 Å². The SMILES string of the molecule is Cc1cccc(NC(=O)N2CCN[C@H](C)C2)c1. The van der Waals surface area contributed by atoms with Gasteiger partial charge in [-0.05, 0) is 31.5 Å². The molecule has 2 amide bonds. The van der Waals surface area contributed by atoms with Gasteiger partial charge in [0.15, 0.2) is 0 Å². The second-order valence-electron chi connectivity index (χ2n) is 4.60. The van der Waals surface area contributed by atoms with Gasteiger partial charge in [0.2, 0.25) is 0 Å². The smallest absolute Gasteiger partial charge is 0.321 e. The van der Waals surface area contributed by atoms with Crippen molar-refractivity contribution in [3.8, 4) is 0 Å². The van der Waals surface area contributed by atoms with Gasteiger partial charge in [0.1, 0.15) is 0 Å². The molecule has 2 rings (SSSR count). The van der Waals surface area contributed by atoms with Crippen LogP contribution in [0.25, 0.3) is 0 Å². The summed E-state index contributed by atoms with van der Waals surface area (Å²) in [4.78, 5) is 13.9. The van der Waals surface area contributed by atoms with Crippen LogP contribution in [-0.4, -0.2) is 36.6 Å². The molecule has 17 heavy (non-hydrogen) atoms. The van der Waals surface area contributed by atoms with Crippen molar-refractivity contribution in [2.45, 2.75) is 19.9 Å². The van der Waals surface area contributed by atoms with Crippen LogP contribution in [-0.2, 0) is 0 Å². The van der Waals surface area contributed by atoms with E-state index in [2.05, 4.69) is 17.6 Å². The van der Waals surface area contributed by atoms with Crippen molar-refractivity contribution in [2.24, 2.45) is 0 Å². The largest absolute Gasteiger partial charge is 0.322 e. The second kappa shape index (κ2) is 5.19. The maximum absolute atomic E-state index is 12.0. The lowest BCUT2D eigenvalue weighted by atomic mass is 10.2. The van der Waals surface area contributed by atoms with Crippen molar-refractivity contribution < 1.29 is 4.79 Å². The van der Waals surface area contributed by atoms with E-state index in [1.807, 2.05) is 36.1 Å². The highest BCUT2D eigenvalue weighted by atomic mass is 16.2. The first-order valence-corrected chi connectivity index (χ1v) is 6.01. The molecular formula is C13H19N3O. The first-order chi connectivity index (χ1) is 8.15. The van der Waals surface area contributed by atoms with Gasteiger partial charge in [-0.15, -0.1) is 0 Å². The van der Waals surface area contributed by atoms with E-state index in [1.54, 1.807) is 0 Å². The van der Waals surface area contributed by atoms with Crippen LogP contribution in [0.3, 0.4) is 0 Å². The zero-order chi connectivity index (χ0) is 12.3. The van der Waals surface area contributed by atoms with Gasteiger partial charge in [0.05, 0.1) is 0 Å². The van der Waals surface area contributed by atoms with Crippen molar-refractivity contribution in [1.29, 1.82) is 0 Å². The molecule has 0 spiro atoms. The molecule has 0 unspecified atom stereocenters. The Hall–Kier alpha value is -1.55. The zero-order valence-corrected chi connectivity index (χ0v) is 10.4. The molecule has 1 aromatic carbocycles. The zero-order valence-electron chi connectivity index (χ0n) is 10.4. The molecule has 4 heteroatoms. The summed E-state index contributed by atoms with van der Waals surface area (Å²) >= 11 is 0. The first kappa shape index (κ1) is 11.9. The number of carbonyl (C=O) groups is 1. The minimum atomic E-state index is -0.0102. The molecule has 0 radical (unpaired) electrons. The summed E-state index contributed by atoms with van der Waals surface area (Å²) in [6, 6.07) is 8.21. The summed E-state index contributed by atoms with van der Waals surface area (Å²) in [7, 11) is 0. The Morgan fingerprint density at radius 3 is 3.06 bits per heavy atom. The van der Waals surface area contributed by atoms with Gasteiger partial charge in [-0.2, -0.15) is 0 Å². The Morgan fingerprint density at radius 1 is 1.53 bits per heavy atom. The highest BCUT2D eigenvalue weighted by Crippen LogP contribution is 2.11. The number of hydrogen-bond donors (Lipinski definition) is 2. The van der Waals surface area contributed by atoms with Crippen molar-refractivity contribution in [3.63, 3.8) is 0 Å². The van der Waals surface area contributed by atoms with E-state index in [9.17, 15) is 4.79 Å². The van der Waals surface area contributed by atoms with Gasteiger partial charge in [0.25, 0.3) is 0 Å². The molecule has 1 aliphatic heterocycles. The van der Waals surface area contributed by atoms with Gasteiger partial charge < -0.3 is 15.5 Å². The maximum Gasteiger partial charge on any atom is 0.321 e. The van der Waals surface area contributed by atoms with Crippen molar-refractivity contribution in [3.05, 3.63) is 29.8 Å². The van der Waals surface area contributed by atoms with Crippen LogP contribution in [0.2, 0.25) is 0 Å². The van der Waals surface area contributed by atoms with Gasteiger partial charge in [0, 0.05) is 31.4 Å². The highest BCUT2D eigenvalue weighted by Gasteiger charge is 2.20. The molecule has 0 aliphatic carbocycles. The van der Waals surface area contributed by atoms with E-state index in [0.29, 0.717) is 6.04 Å². The molecular weight excluding hydrogens is 214 g/mol. The van der Waals surface area contributed by atoms with Gasteiger partial charge in [-0.1, -0.05) is 12.1 Å². The fourth-order valence-electron chi connectivity index (χ4n) is 2.04. The van der Waals surface area contributed by atoms with Gasteiger partial charge >= 0.3 is 6.03 Å². The van der Waals surface area contributed by atoms with Crippen molar-refractivity contribution in [2.75, 3.05) is 25.0 Å². The molecule has 1 aliphatic rings. The number of nitrogens with zero attached hydrogens (tertiary/aromatic N) is 1. The predicted octanol–water partition coefficient (Wildman–Crippen LogP) is 1.82. The number of aryl methyl sites for hydroxylation is 1. The van der Waals surface area contributed by atoms with Crippen LogP contribution in [0.15, 0.2) is 24.3 Å². The summed E-state index contributed by atoms with van der Waals surface area (Å²) in [6.45, 7) is 6.50. The maximum atomic E-state index is 12.0. The van der Waals surface area contributed by atoms with Crippen LogP contribution in [0, 0.1) is 6.92 Å². The first-order valence-electron chi connectivity index (χ1n) is 6.01. The standard InChI is InChI=1S/C13H19N3O/c1-10-4-3-5-12(8-10)15-13(17)16-7-6-14-11(2)9-16/h3-5,8,11,14H,6-7,9H2,1-2H3,(H,15,17)/t11-/m1/s1. The number of urea groups is 1. The molecule has 1 aromatic rings. The topological polar surface area (TPSA) is 44.4 Å². The lowest BCUT2D eigenvalue weighted by Gasteiger charge is -2.31. The number of anilines is 1. The van der Waals surface area contributed by atoms with Crippen LogP contribution < -0.4 is 10.6 Å². The van der Waals surface area contributed by atoms with E-state index in [1.165, 1.54) is 0 Å². The summed E-state index contributed by atoms with van der Waals surface area (Å²) < 4.78 is 0.